The molecule has 0 aromatic heterocycles. The van der Waals surface area contributed by atoms with Gasteiger partial charge in [0, 0.05) is 11.8 Å². The first kappa shape index (κ1) is 51.2. The molecular formula is C60H96O8. The Morgan fingerprint density at radius 3 is 1.38 bits per heavy atom. The Morgan fingerprint density at radius 1 is 0.515 bits per heavy atom. The maximum Gasteiger partial charge on any atom is 0.310 e. The van der Waals surface area contributed by atoms with Gasteiger partial charge in [0.05, 0.1) is 34.2 Å². The number of fused-ring (bicyclic) bond motifs is 14. The second-order valence-electron chi connectivity index (χ2n) is 29.6. The average molecular weight is 945 g/mol. The first-order valence-electron chi connectivity index (χ1n) is 27.9. The normalized spacial score (nSPS) is 56.3. The molecule has 0 bridgehead atoms. The van der Waals surface area contributed by atoms with Gasteiger partial charge >= 0.3 is 11.9 Å². The molecule has 0 saturated heterocycles. The summed E-state index contributed by atoms with van der Waals surface area (Å²) in [6, 6.07) is 0. The fourth-order valence-electron chi connectivity index (χ4n) is 21.9. The molecule has 8 nitrogen and oxygen atoms in total. The first-order chi connectivity index (χ1) is 31.2. The number of rotatable bonds is 2. The summed E-state index contributed by atoms with van der Waals surface area (Å²) >= 11 is 0. The third kappa shape index (κ3) is 6.22. The SMILES string of the molecule is C[C@@H]1CC[C@]2(C(=O)O)CC[C@]3(C)C(=CCC4[C@@]5(C)CCCC(C)(C)C5CC[C@]43C)C2[C@]1(C)O.C[C@@H]1CC[C@]2(C(=O)O)CC[C@]3(C)C(=CCC4[C@@]5(C)C[C@@H](O)[C@H](O)C(C)(C)C5CC[C@]43C)C2[C@]1(C)O. The summed E-state index contributed by atoms with van der Waals surface area (Å²) in [5, 5.41) is 66.7. The molecule has 10 aliphatic rings. The highest BCUT2D eigenvalue weighted by Gasteiger charge is 2.74. The monoisotopic (exact) mass is 945 g/mol. The summed E-state index contributed by atoms with van der Waals surface area (Å²) in [4.78, 5) is 25.7. The molecule has 6 unspecified atom stereocenters. The van der Waals surface area contributed by atoms with E-state index in [1.807, 2.05) is 13.8 Å². The second kappa shape index (κ2) is 15.4. The van der Waals surface area contributed by atoms with Gasteiger partial charge in [-0.3, -0.25) is 9.59 Å². The van der Waals surface area contributed by atoms with Crippen molar-refractivity contribution in [1.82, 2.24) is 0 Å². The number of hydrogen-bond acceptors (Lipinski definition) is 6. The third-order valence-corrected chi connectivity index (χ3v) is 26.7. The molecule has 8 fully saturated rings. The number of carbonyl (C=O) groups is 2. The zero-order valence-corrected chi connectivity index (χ0v) is 45.2. The van der Waals surface area contributed by atoms with Crippen LogP contribution < -0.4 is 0 Å². The van der Waals surface area contributed by atoms with Crippen LogP contribution in [-0.2, 0) is 9.59 Å². The quantitative estimate of drug-likeness (QED) is 0.150. The molecule has 0 aliphatic heterocycles. The predicted octanol–water partition coefficient (Wildman–Crippen LogP) is 12.4. The van der Waals surface area contributed by atoms with Crippen molar-refractivity contribution in [2.24, 2.45) is 101 Å². The van der Waals surface area contributed by atoms with Crippen LogP contribution in [0.5, 0.6) is 0 Å². The smallest absolute Gasteiger partial charge is 0.310 e. The highest BCUT2D eigenvalue weighted by Crippen LogP contribution is 2.78. The summed E-state index contributed by atoms with van der Waals surface area (Å²) in [6.07, 6.45) is 20.4. The summed E-state index contributed by atoms with van der Waals surface area (Å²) < 4.78 is 0. The van der Waals surface area contributed by atoms with Crippen molar-refractivity contribution in [2.75, 3.05) is 0 Å². The maximum absolute atomic E-state index is 12.8. The van der Waals surface area contributed by atoms with Crippen LogP contribution in [0.1, 0.15) is 213 Å². The average Bonchev–Trinajstić information content (AvgIpc) is 3.23. The summed E-state index contributed by atoms with van der Waals surface area (Å²) in [7, 11) is 0. The van der Waals surface area contributed by atoms with Crippen LogP contribution >= 0.6 is 0 Å². The van der Waals surface area contributed by atoms with Crippen LogP contribution in [0.3, 0.4) is 0 Å². The molecule has 68 heavy (non-hydrogen) atoms. The van der Waals surface area contributed by atoms with E-state index in [0.29, 0.717) is 60.7 Å². The van der Waals surface area contributed by atoms with Gasteiger partial charge in [0.1, 0.15) is 0 Å². The molecule has 0 aromatic carbocycles. The van der Waals surface area contributed by atoms with E-state index < -0.39 is 46.2 Å². The zero-order chi connectivity index (χ0) is 50.2. The molecule has 0 heterocycles. The van der Waals surface area contributed by atoms with Gasteiger partial charge in [0.2, 0.25) is 0 Å². The van der Waals surface area contributed by atoms with Crippen LogP contribution in [0.2, 0.25) is 0 Å². The lowest BCUT2D eigenvalue weighted by Crippen LogP contribution is -2.68. The minimum Gasteiger partial charge on any atom is -0.481 e. The van der Waals surface area contributed by atoms with Gasteiger partial charge in [-0.2, -0.15) is 0 Å². The van der Waals surface area contributed by atoms with Gasteiger partial charge in [0.15, 0.2) is 0 Å². The van der Waals surface area contributed by atoms with Crippen molar-refractivity contribution in [2.45, 2.75) is 236 Å². The molecule has 8 heteroatoms. The summed E-state index contributed by atoms with van der Waals surface area (Å²) in [5.74, 6) is 0.192. The van der Waals surface area contributed by atoms with Crippen molar-refractivity contribution in [1.29, 1.82) is 0 Å². The summed E-state index contributed by atoms with van der Waals surface area (Å²) in [6.45, 7) is 32.1. The molecule has 0 spiro atoms. The molecule has 6 N–H and O–H groups in total. The van der Waals surface area contributed by atoms with Gasteiger partial charge < -0.3 is 30.6 Å². The lowest BCUT2D eigenvalue weighted by molar-refractivity contribution is -0.237. The Hall–Kier alpha value is -1.74. The van der Waals surface area contributed by atoms with E-state index in [9.17, 15) is 40.2 Å². The van der Waals surface area contributed by atoms with Gasteiger partial charge in [-0.1, -0.05) is 113 Å². The Morgan fingerprint density at radius 2 is 0.941 bits per heavy atom. The van der Waals surface area contributed by atoms with Crippen molar-refractivity contribution in [3.05, 3.63) is 23.3 Å². The van der Waals surface area contributed by atoms with Gasteiger partial charge in [-0.05, 0) is 202 Å². The highest BCUT2D eigenvalue weighted by atomic mass is 16.4. The van der Waals surface area contributed by atoms with Crippen LogP contribution in [0.15, 0.2) is 23.3 Å². The number of aliphatic carboxylic acids is 2. The number of carboxylic acids is 2. The van der Waals surface area contributed by atoms with Gasteiger partial charge in [-0.25, -0.2) is 0 Å². The minimum atomic E-state index is -1.05. The van der Waals surface area contributed by atoms with Gasteiger partial charge in [0.25, 0.3) is 0 Å². The molecule has 0 aromatic rings. The Bertz CT molecular complexity index is 2130. The lowest BCUT2D eigenvalue weighted by Gasteiger charge is -2.72. The molecular weight excluding hydrogens is 849 g/mol. The van der Waals surface area contributed by atoms with Crippen molar-refractivity contribution in [3.8, 4) is 0 Å². The minimum absolute atomic E-state index is 0.0316. The van der Waals surface area contributed by atoms with E-state index in [1.54, 1.807) is 0 Å². The third-order valence-electron chi connectivity index (χ3n) is 26.7. The Labute approximate surface area is 411 Å². The lowest BCUT2D eigenvalue weighted by atomic mass is 9.33. The van der Waals surface area contributed by atoms with Crippen molar-refractivity contribution < 1.29 is 40.2 Å². The first-order valence-corrected chi connectivity index (χ1v) is 27.9. The van der Waals surface area contributed by atoms with E-state index in [4.69, 9.17) is 0 Å². The molecule has 10 rings (SSSR count). The second-order valence-corrected chi connectivity index (χ2v) is 29.6. The van der Waals surface area contributed by atoms with Crippen LogP contribution in [-0.4, -0.2) is 66.0 Å². The van der Waals surface area contributed by atoms with Crippen LogP contribution in [0.4, 0.5) is 0 Å². The number of aliphatic hydroxyl groups is 4. The fraction of sp³-hybridized carbons (Fsp3) is 0.900. The van der Waals surface area contributed by atoms with Crippen LogP contribution in [0, 0.1) is 101 Å². The molecule has 10 aliphatic carbocycles. The van der Waals surface area contributed by atoms with E-state index in [0.717, 1.165) is 57.3 Å². The standard InChI is InChI=1S/C30H48O5.C30H48O3/c1-17-10-13-30(24(33)34)15-14-27(5)18(22(30)29(17,7)35)8-9-21-26(4)16-19(31)23(32)25(2,3)20(26)11-12-28(21,27)6;1-19-11-16-30(24(31)32)18-17-27(5)20(23(30)29(19,7)33)9-10-22-26(4)14-8-13-25(2,3)21(26)12-15-28(22,27)6/h8,17,19-23,31-32,35H,9-16H2,1-7H3,(H,33,34);9,19,21-23,33H,8,10-18H2,1-7H3,(H,31,32)/t17-,19-,20?,21?,22?,23+,26+,27-,28-,29-,30+;19-,21?,22?,23?,26+,27-,28-,29-,30+/m11/s1. The van der Waals surface area contributed by atoms with E-state index in [1.165, 1.54) is 43.3 Å². The Kier molecular flexibility index (Phi) is 11.6. The Balaban J connectivity index is 0.000000170. The van der Waals surface area contributed by atoms with E-state index >= 15 is 0 Å². The zero-order valence-electron chi connectivity index (χ0n) is 45.2. The van der Waals surface area contributed by atoms with Crippen molar-refractivity contribution in [3.63, 3.8) is 0 Å². The molecule has 384 valence electrons. The van der Waals surface area contributed by atoms with Gasteiger partial charge in [-0.15, -0.1) is 0 Å². The van der Waals surface area contributed by atoms with Crippen molar-refractivity contribution >= 4 is 11.9 Å². The predicted molar refractivity (Wildman–Crippen MR) is 268 cm³/mol. The molecule has 8 saturated carbocycles. The number of allylic oxidation sites excluding steroid dienone is 2. The number of carboxylic acid groups (broad SMARTS) is 2. The molecule has 0 radical (unpaired) electrons. The summed E-state index contributed by atoms with van der Waals surface area (Å²) in [5.41, 5.74) is -1.04. The number of hydrogen-bond donors (Lipinski definition) is 6. The van der Waals surface area contributed by atoms with E-state index in [-0.39, 0.29) is 56.2 Å². The topological polar surface area (TPSA) is 156 Å². The van der Waals surface area contributed by atoms with Crippen LogP contribution in [0.25, 0.3) is 0 Å². The van der Waals surface area contributed by atoms with E-state index in [2.05, 4.69) is 95.2 Å². The largest absolute Gasteiger partial charge is 0.481 e. The molecule has 0 amide bonds. The highest BCUT2D eigenvalue weighted by molar-refractivity contribution is 5.78. The number of aliphatic hydroxyl groups excluding tert-OH is 2. The molecule has 20 atom stereocenters. The fourth-order valence-corrected chi connectivity index (χ4v) is 21.9. The maximum atomic E-state index is 12.8.